The van der Waals surface area contributed by atoms with Crippen LogP contribution in [0.25, 0.3) is 0 Å². The highest BCUT2D eigenvalue weighted by Gasteiger charge is 2.25. The Morgan fingerprint density at radius 2 is 2.12 bits per heavy atom. The third-order valence-electron chi connectivity index (χ3n) is 2.75. The maximum atomic E-state index is 5.86. The maximum Gasteiger partial charge on any atom is 0.127 e. The number of ether oxygens (including phenoxy) is 1. The molecule has 3 nitrogen and oxygen atoms in total. The number of nitrogens with two attached hydrogens (primary N) is 1. The van der Waals surface area contributed by atoms with Crippen LogP contribution in [0.3, 0.4) is 0 Å². The highest BCUT2D eigenvalue weighted by Crippen LogP contribution is 2.31. The van der Waals surface area contributed by atoms with E-state index >= 15 is 0 Å². The lowest BCUT2D eigenvalue weighted by atomic mass is 9.91. The monoisotopic (exact) mass is 220 g/mol. The van der Waals surface area contributed by atoms with E-state index in [1.165, 1.54) is 0 Å². The minimum absolute atomic E-state index is 0.0504. The molecule has 0 aliphatic heterocycles. The number of aromatic nitrogens is 1. The van der Waals surface area contributed by atoms with Gasteiger partial charge in [-0.15, -0.1) is 0 Å². The minimum atomic E-state index is 0.0504. The molecule has 1 aromatic rings. The van der Waals surface area contributed by atoms with Crippen LogP contribution in [-0.2, 0) is 12.0 Å². The van der Waals surface area contributed by atoms with E-state index in [9.17, 15) is 0 Å². The lowest BCUT2D eigenvalue weighted by molar-refractivity contribution is 0.298. The van der Waals surface area contributed by atoms with Crippen LogP contribution in [0.15, 0.2) is 12.3 Å². The van der Waals surface area contributed by atoms with Crippen molar-refractivity contribution in [3.05, 3.63) is 23.5 Å². The quantitative estimate of drug-likeness (QED) is 0.850. The lowest BCUT2D eigenvalue weighted by Crippen LogP contribution is -2.15. The Balaban J connectivity index is 2.29. The molecule has 1 aliphatic carbocycles. The van der Waals surface area contributed by atoms with Gasteiger partial charge in [-0.2, -0.15) is 0 Å². The molecular weight excluding hydrogens is 200 g/mol. The average Bonchev–Trinajstić information content (AvgIpc) is 3.00. The van der Waals surface area contributed by atoms with E-state index in [2.05, 4.69) is 25.8 Å². The van der Waals surface area contributed by atoms with Crippen LogP contribution in [0.2, 0.25) is 0 Å². The Kier molecular flexibility index (Phi) is 2.89. The van der Waals surface area contributed by atoms with Crippen molar-refractivity contribution in [1.82, 2.24) is 4.98 Å². The molecule has 0 aromatic carbocycles. The number of nitrogens with zero attached hydrogens (tertiary/aromatic N) is 1. The molecule has 2 rings (SSSR count). The second-order valence-corrected chi connectivity index (χ2v) is 5.45. The molecule has 0 spiro atoms. The second-order valence-electron chi connectivity index (χ2n) is 5.45. The first kappa shape index (κ1) is 11.4. The van der Waals surface area contributed by atoms with Crippen molar-refractivity contribution >= 4 is 0 Å². The zero-order valence-corrected chi connectivity index (χ0v) is 10.3. The van der Waals surface area contributed by atoms with E-state index < -0.39 is 0 Å². The zero-order chi connectivity index (χ0) is 11.8. The van der Waals surface area contributed by atoms with Gasteiger partial charge in [0.15, 0.2) is 0 Å². The van der Waals surface area contributed by atoms with Gasteiger partial charge in [-0.05, 0) is 12.8 Å². The third kappa shape index (κ3) is 2.53. The first-order chi connectivity index (χ1) is 7.50. The number of hydrogen-bond donors (Lipinski definition) is 1. The molecule has 2 N–H and O–H groups in total. The van der Waals surface area contributed by atoms with Crippen molar-refractivity contribution in [2.75, 3.05) is 0 Å². The summed E-state index contributed by atoms with van der Waals surface area (Å²) in [4.78, 5) is 4.45. The van der Waals surface area contributed by atoms with Crippen LogP contribution in [0, 0.1) is 0 Å². The van der Waals surface area contributed by atoms with Gasteiger partial charge in [-0.25, -0.2) is 0 Å². The summed E-state index contributed by atoms with van der Waals surface area (Å²) in [5.41, 5.74) is 7.79. The van der Waals surface area contributed by atoms with Crippen molar-refractivity contribution < 1.29 is 4.74 Å². The minimum Gasteiger partial charge on any atom is -0.490 e. The first-order valence-electron chi connectivity index (χ1n) is 5.87. The van der Waals surface area contributed by atoms with Crippen LogP contribution in [0.5, 0.6) is 5.75 Å². The van der Waals surface area contributed by atoms with Gasteiger partial charge in [0.05, 0.1) is 6.10 Å². The van der Waals surface area contributed by atoms with E-state index in [0.717, 1.165) is 29.8 Å². The van der Waals surface area contributed by atoms with E-state index in [1.807, 2.05) is 12.3 Å². The molecule has 0 atom stereocenters. The van der Waals surface area contributed by atoms with Gasteiger partial charge < -0.3 is 10.5 Å². The third-order valence-corrected chi connectivity index (χ3v) is 2.75. The van der Waals surface area contributed by atoms with Crippen LogP contribution in [0.1, 0.15) is 44.9 Å². The van der Waals surface area contributed by atoms with Crippen molar-refractivity contribution in [2.24, 2.45) is 5.73 Å². The van der Waals surface area contributed by atoms with Gasteiger partial charge in [0.1, 0.15) is 5.75 Å². The molecule has 1 fully saturated rings. The van der Waals surface area contributed by atoms with Crippen LogP contribution < -0.4 is 10.5 Å². The second kappa shape index (κ2) is 4.06. The summed E-state index contributed by atoms with van der Waals surface area (Å²) in [6.45, 7) is 6.94. The molecule has 16 heavy (non-hydrogen) atoms. The molecule has 1 aliphatic rings. The molecule has 3 heteroatoms. The highest BCUT2D eigenvalue weighted by molar-refractivity contribution is 5.35. The topological polar surface area (TPSA) is 48.1 Å². The fraction of sp³-hybridized carbons (Fsp3) is 0.615. The van der Waals surface area contributed by atoms with Crippen LogP contribution in [0.4, 0.5) is 0 Å². The summed E-state index contributed by atoms with van der Waals surface area (Å²) in [5.74, 6) is 0.921. The molecular formula is C13H20N2O. The first-order valence-corrected chi connectivity index (χ1v) is 5.87. The largest absolute Gasteiger partial charge is 0.490 e. The summed E-state index contributed by atoms with van der Waals surface area (Å²) >= 11 is 0. The van der Waals surface area contributed by atoms with E-state index in [-0.39, 0.29) is 5.41 Å². The molecule has 88 valence electrons. The highest BCUT2D eigenvalue weighted by atomic mass is 16.5. The lowest BCUT2D eigenvalue weighted by Gasteiger charge is -2.19. The summed E-state index contributed by atoms with van der Waals surface area (Å²) in [6, 6.07) is 2.04. The molecule has 0 radical (unpaired) electrons. The zero-order valence-electron chi connectivity index (χ0n) is 10.3. The smallest absolute Gasteiger partial charge is 0.127 e. The Labute approximate surface area is 97.0 Å². The summed E-state index contributed by atoms with van der Waals surface area (Å²) in [7, 11) is 0. The van der Waals surface area contributed by atoms with Gasteiger partial charge in [0, 0.05) is 35.5 Å². The van der Waals surface area contributed by atoms with Crippen molar-refractivity contribution in [1.29, 1.82) is 0 Å². The fourth-order valence-electron chi connectivity index (χ4n) is 1.50. The fourth-order valence-corrected chi connectivity index (χ4v) is 1.50. The van der Waals surface area contributed by atoms with Gasteiger partial charge >= 0.3 is 0 Å². The predicted molar refractivity (Wildman–Crippen MR) is 64.5 cm³/mol. The van der Waals surface area contributed by atoms with Gasteiger partial charge in [0.25, 0.3) is 0 Å². The van der Waals surface area contributed by atoms with E-state index in [4.69, 9.17) is 10.5 Å². The van der Waals surface area contributed by atoms with E-state index in [1.54, 1.807) is 0 Å². The maximum absolute atomic E-state index is 5.86. The Morgan fingerprint density at radius 1 is 1.44 bits per heavy atom. The average molecular weight is 220 g/mol. The normalized spacial score (nSPS) is 16.2. The predicted octanol–water partition coefficient (Wildman–Crippen LogP) is 2.38. The van der Waals surface area contributed by atoms with Crippen LogP contribution in [-0.4, -0.2) is 11.1 Å². The number of pyridine rings is 1. The van der Waals surface area contributed by atoms with Crippen LogP contribution >= 0.6 is 0 Å². The number of hydrogen-bond acceptors (Lipinski definition) is 3. The summed E-state index contributed by atoms with van der Waals surface area (Å²) in [6.07, 6.45) is 4.58. The molecule has 1 saturated carbocycles. The SMILES string of the molecule is CC(C)(C)c1cc(OC2CC2)c(CN)cn1. The number of rotatable bonds is 3. The Hall–Kier alpha value is -1.09. The van der Waals surface area contributed by atoms with Crippen molar-refractivity contribution in [3.63, 3.8) is 0 Å². The van der Waals surface area contributed by atoms with Crippen molar-refractivity contribution in [3.8, 4) is 5.75 Å². The Morgan fingerprint density at radius 3 is 2.62 bits per heavy atom. The van der Waals surface area contributed by atoms with Crippen molar-refractivity contribution in [2.45, 2.75) is 51.7 Å². The Bertz CT molecular complexity index is 378. The van der Waals surface area contributed by atoms with E-state index in [0.29, 0.717) is 12.6 Å². The molecule has 0 saturated heterocycles. The molecule has 1 aromatic heterocycles. The van der Waals surface area contributed by atoms with Gasteiger partial charge in [-0.1, -0.05) is 20.8 Å². The molecule has 1 heterocycles. The summed E-state index contributed by atoms with van der Waals surface area (Å²) in [5, 5.41) is 0. The standard InChI is InChI=1S/C13H20N2O/c1-13(2,3)12-6-11(16-10-4-5-10)9(7-14)8-15-12/h6,8,10H,4-5,7,14H2,1-3H3. The molecule has 0 amide bonds. The van der Waals surface area contributed by atoms with Gasteiger partial charge in [0.2, 0.25) is 0 Å². The van der Waals surface area contributed by atoms with Gasteiger partial charge in [-0.3, -0.25) is 4.98 Å². The molecule has 0 unspecified atom stereocenters. The molecule has 0 bridgehead atoms. The summed E-state index contributed by atoms with van der Waals surface area (Å²) < 4.78 is 5.86.